The van der Waals surface area contributed by atoms with Gasteiger partial charge in [-0.25, -0.2) is 53.7 Å². The summed E-state index contributed by atoms with van der Waals surface area (Å²) in [4.78, 5) is 39.3. The average Bonchev–Trinajstić information content (AvgIpc) is 1.65. The topological polar surface area (TPSA) is 243 Å². The normalized spacial score (nSPS) is 20.1. The molecule has 2 aliphatic heterocycles. The number of halogens is 4. The second kappa shape index (κ2) is 27.4. The van der Waals surface area contributed by atoms with Crippen molar-refractivity contribution < 1.29 is 63.3 Å². The molecule has 2 spiro atoms. The number of esters is 1. The third-order valence-corrected chi connectivity index (χ3v) is 24.5. The smallest absolute Gasteiger partial charge is 0.306 e. The van der Waals surface area contributed by atoms with E-state index >= 15 is 17.6 Å². The Balaban J connectivity index is 0.000000179. The minimum Gasteiger partial charge on any atom is -0.481 e. The van der Waals surface area contributed by atoms with E-state index in [1.165, 1.54) is 53.2 Å². The molecule has 24 heteroatoms. The fraction of sp³-hybridized carbons (Fsp3) is 0.395. The molecule has 14 rings (SSSR count). The first-order chi connectivity index (χ1) is 47.7. The molecular formula is C76H80F4N8O10S2. The third-order valence-electron chi connectivity index (χ3n) is 20.8. The van der Waals surface area contributed by atoms with Gasteiger partial charge in [0.15, 0.2) is 66.1 Å². The van der Waals surface area contributed by atoms with Crippen molar-refractivity contribution >= 4 is 53.4 Å². The molecule has 6 heterocycles. The molecule has 4 aromatic heterocycles. The number of carboxylic acid groups (broad SMARTS) is 1. The highest BCUT2D eigenvalue weighted by molar-refractivity contribution is 7.91. The Morgan fingerprint density at radius 2 is 1.01 bits per heavy atom. The number of sulfone groups is 2. The summed E-state index contributed by atoms with van der Waals surface area (Å²) in [6.07, 6.45) is 11.8. The number of aromatic nitrogens is 8. The molecule has 100 heavy (non-hydrogen) atoms. The van der Waals surface area contributed by atoms with Crippen LogP contribution in [-0.2, 0) is 84.6 Å². The highest BCUT2D eigenvalue weighted by atomic mass is 32.2. The largest absolute Gasteiger partial charge is 0.481 e. The zero-order valence-electron chi connectivity index (χ0n) is 56.5. The lowest BCUT2D eigenvalue weighted by Crippen LogP contribution is -2.27. The van der Waals surface area contributed by atoms with Crippen molar-refractivity contribution in [1.29, 1.82) is 0 Å². The van der Waals surface area contributed by atoms with Crippen LogP contribution in [0.3, 0.4) is 0 Å². The maximum absolute atomic E-state index is 15.7. The molecule has 0 radical (unpaired) electrons. The predicted molar refractivity (Wildman–Crippen MR) is 372 cm³/mol. The highest BCUT2D eigenvalue weighted by Crippen LogP contribution is 2.54. The number of carboxylic acids is 1. The van der Waals surface area contributed by atoms with Crippen LogP contribution in [0.2, 0.25) is 0 Å². The molecule has 6 aromatic carbocycles. The number of hydrogen-bond donors (Lipinski definition) is 3. The molecule has 524 valence electrons. The molecule has 0 saturated heterocycles. The van der Waals surface area contributed by atoms with Gasteiger partial charge in [0.1, 0.15) is 23.1 Å². The van der Waals surface area contributed by atoms with Crippen LogP contribution in [0.5, 0.6) is 23.0 Å². The van der Waals surface area contributed by atoms with Crippen molar-refractivity contribution in [1.82, 2.24) is 39.5 Å². The standard InChI is InChI=1S/C39H42F2N4O5S.C37H38F2N4O5S/c1-4-49-34(46)12-9-25-7-5-8-26(21-25)38(2)15-6-16-39(17-18-39)24-51(47,48)20-14-29-28-13-19-42-33(28)23-32(41)35(29)50-27-10-11-31(40)30(22-27)36-43-37(38)44-45(36)3;1-36(24-6-3-5-23(19-24)7-10-32(44)45)13-4-14-37(15-16-37)22-49(46,47)18-12-27-26-11-17-40-31(26)21-30(39)33(27)48-25-8-9-29(38)28(20-25)34-41-35(36)42-43(34)2/h5,7-8,10-11,13,19,21-23,42H,4,6,9,12,14-18,20,24H2,1-3H3;3,5-6,8-9,11,17,19-21,40H,4,7,10,12-16,18,22H2,1-2H3,(H,44,45). The Morgan fingerprint density at radius 3 is 1.43 bits per heavy atom. The maximum Gasteiger partial charge on any atom is 0.306 e. The minimum atomic E-state index is -3.53. The number of nitrogens with one attached hydrogen (secondary N) is 2. The Bertz CT molecular complexity index is 5040. The number of fused-ring (bicyclic) bond motifs is 16. The second-order valence-electron chi connectivity index (χ2n) is 28.1. The lowest BCUT2D eigenvalue weighted by molar-refractivity contribution is -0.143. The first kappa shape index (κ1) is 69.3. The quantitative estimate of drug-likeness (QED) is 0.0899. The van der Waals surface area contributed by atoms with E-state index in [0.29, 0.717) is 103 Å². The van der Waals surface area contributed by atoms with Crippen LogP contribution in [0, 0.1) is 34.1 Å². The number of hydrogen-bond acceptors (Lipinski definition) is 13. The van der Waals surface area contributed by atoms with Gasteiger partial charge in [-0.3, -0.25) is 9.59 Å². The number of benzene rings is 6. The molecule has 18 nitrogen and oxygen atoms in total. The van der Waals surface area contributed by atoms with E-state index < -0.39 is 59.7 Å². The average molecular weight is 1410 g/mol. The van der Waals surface area contributed by atoms with Crippen molar-refractivity contribution in [2.45, 2.75) is 134 Å². The lowest BCUT2D eigenvalue weighted by atomic mass is 9.76. The first-order valence-corrected chi connectivity index (χ1v) is 37.7. The zero-order valence-corrected chi connectivity index (χ0v) is 58.2. The van der Waals surface area contributed by atoms with Crippen LogP contribution in [0.25, 0.3) is 44.6 Å². The van der Waals surface area contributed by atoms with Gasteiger partial charge in [-0.05, 0) is 179 Å². The number of aryl methyl sites for hydroxylation is 6. The van der Waals surface area contributed by atoms with Gasteiger partial charge in [0, 0.05) is 84.4 Å². The Hall–Kier alpha value is -9.16. The minimum absolute atomic E-state index is 0.00866. The predicted octanol–water partition coefficient (Wildman–Crippen LogP) is 15.0. The molecule has 10 aromatic rings. The van der Waals surface area contributed by atoms with E-state index in [-0.39, 0.29) is 111 Å². The van der Waals surface area contributed by atoms with Crippen LogP contribution in [0.1, 0.15) is 143 Å². The summed E-state index contributed by atoms with van der Waals surface area (Å²) in [6.45, 7) is 6.18. The fourth-order valence-electron chi connectivity index (χ4n) is 14.7. The van der Waals surface area contributed by atoms with Crippen molar-refractivity contribution in [2.24, 2.45) is 24.9 Å². The molecule has 2 fully saturated rings. The van der Waals surface area contributed by atoms with Crippen molar-refractivity contribution in [3.63, 3.8) is 0 Å². The molecule has 2 aliphatic carbocycles. The van der Waals surface area contributed by atoms with Crippen molar-refractivity contribution in [2.75, 3.05) is 29.6 Å². The number of H-pyrrole nitrogens is 2. The SMILES string of the molecule is CCOC(=O)CCc1cccc(C2(C)CCCC3(CC3)CS(=O)(=O)CCc3c(c(F)cc4[nH]ccc34)Oc3ccc(F)c(c3)-c3nc2nn3C)c1.Cn1nc2nc1-c1cc(ccc1F)Oc1c(F)cc3[nH]ccc3c1CCS(=O)(=O)CC1(CCCC2(C)c2cccc(CCC(=O)O)c2)CC1. The monoisotopic (exact) mass is 1400 g/mol. The molecule has 2 atom stereocenters. The van der Waals surface area contributed by atoms with Gasteiger partial charge in [-0.2, -0.15) is 10.2 Å². The summed E-state index contributed by atoms with van der Waals surface area (Å²) in [5.41, 5.74) is 3.68. The van der Waals surface area contributed by atoms with E-state index in [2.05, 4.69) is 23.0 Å². The van der Waals surface area contributed by atoms with Crippen molar-refractivity contribution in [3.05, 3.63) is 190 Å². The zero-order chi connectivity index (χ0) is 70.5. The van der Waals surface area contributed by atoms with Gasteiger partial charge >= 0.3 is 11.9 Å². The van der Waals surface area contributed by atoms with Crippen LogP contribution in [-0.4, -0.2) is 103 Å². The molecule has 8 bridgehead atoms. The molecule has 3 N–H and O–H groups in total. The van der Waals surface area contributed by atoms with Crippen LogP contribution in [0.15, 0.2) is 122 Å². The lowest BCUT2D eigenvalue weighted by Gasteiger charge is -2.29. The molecular weight excluding hydrogens is 1330 g/mol. The summed E-state index contributed by atoms with van der Waals surface area (Å²) in [5.74, 6) is -2.16. The van der Waals surface area contributed by atoms with Gasteiger partial charge in [-0.15, -0.1) is 0 Å². The van der Waals surface area contributed by atoms with E-state index in [4.69, 9.17) is 34.4 Å². The number of nitrogens with zero attached hydrogens (tertiary/aromatic N) is 6. The van der Waals surface area contributed by atoms with E-state index in [9.17, 15) is 31.5 Å². The number of aliphatic carboxylic acids is 1. The number of carbonyl (C=O) groups is 2. The Morgan fingerprint density at radius 1 is 0.570 bits per heavy atom. The molecule has 2 saturated carbocycles. The van der Waals surface area contributed by atoms with E-state index in [1.54, 1.807) is 50.2 Å². The fourth-order valence-corrected chi connectivity index (χ4v) is 18.8. The molecule has 4 aliphatic rings. The van der Waals surface area contributed by atoms with Gasteiger partial charge in [0.05, 0.1) is 51.6 Å². The third kappa shape index (κ3) is 14.7. The van der Waals surface area contributed by atoms with Crippen molar-refractivity contribution in [3.8, 4) is 45.8 Å². The second-order valence-corrected chi connectivity index (χ2v) is 32.5. The van der Waals surface area contributed by atoms with Crippen LogP contribution in [0.4, 0.5) is 17.6 Å². The Labute approximate surface area is 577 Å². The molecule has 0 amide bonds. The molecule has 2 unspecified atom stereocenters. The summed E-state index contributed by atoms with van der Waals surface area (Å²) in [7, 11) is -3.65. The number of rotatable bonds is 9. The first-order valence-electron chi connectivity index (χ1n) is 34.1. The summed E-state index contributed by atoms with van der Waals surface area (Å²) in [6, 6.07) is 30.1. The van der Waals surface area contributed by atoms with Gasteiger partial charge in [0.25, 0.3) is 0 Å². The Kier molecular flexibility index (Phi) is 19.0. The maximum atomic E-state index is 15.7. The number of carbonyl (C=O) groups excluding carboxylic acids is 1. The highest BCUT2D eigenvalue weighted by Gasteiger charge is 2.48. The van der Waals surface area contributed by atoms with Crippen LogP contribution < -0.4 is 9.47 Å². The van der Waals surface area contributed by atoms with Gasteiger partial charge in [-0.1, -0.05) is 61.4 Å². The van der Waals surface area contributed by atoms with E-state index in [0.717, 1.165) is 47.9 Å². The summed E-state index contributed by atoms with van der Waals surface area (Å²) < 4.78 is 138. The van der Waals surface area contributed by atoms with Crippen LogP contribution >= 0.6 is 0 Å². The summed E-state index contributed by atoms with van der Waals surface area (Å²) >= 11 is 0. The number of ether oxygens (including phenoxy) is 3. The van der Waals surface area contributed by atoms with Gasteiger partial charge in [0.2, 0.25) is 0 Å². The van der Waals surface area contributed by atoms with Gasteiger partial charge < -0.3 is 29.3 Å². The number of aromatic amines is 2. The summed E-state index contributed by atoms with van der Waals surface area (Å²) in [5, 5.41) is 20.2. The van der Waals surface area contributed by atoms with E-state index in [1.807, 2.05) is 49.4 Å².